The maximum atomic E-state index is 11.7. The van der Waals surface area contributed by atoms with Crippen LogP contribution in [0.1, 0.15) is 35.8 Å². The maximum absolute atomic E-state index is 11.7. The molecule has 2 aromatic rings. The summed E-state index contributed by atoms with van der Waals surface area (Å²) in [6.07, 6.45) is 2.40. The van der Waals surface area contributed by atoms with Crippen LogP contribution in [0, 0.1) is 6.92 Å². The summed E-state index contributed by atoms with van der Waals surface area (Å²) < 4.78 is 10.6. The van der Waals surface area contributed by atoms with E-state index in [1.54, 1.807) is 19.1 Å². The fourth-order valence-corrected chi connectivity index (χ4v) is 2.77. The predicted octanol–water partition coefficient (Wildman–Crippen LogP) is 3.30. The van der Waals surface area contributed by atoms with Crippen LogP contribution in [-0.2, 0) is 9.47 Å². The van der Waals surface area contributed by atoms with Crippen LogP contribution in [-0.4, -0.2) is 41.8 Å². The number of carbonyl (C=O) groups is 1. The van der Waals surface area contributed by atoms with Gasteiger partial charge in [-0.3, -0.25) is 0 Å². The van der Waals surface area contributed by atoms with Crippen molar-refractivity contribution in [1.82, 2.24) is 9.97 Å². The van der Waals surface area contributed by atoms with E-state index in [2.05, 4.69) is 20.6 Å². The van der Waals surface area contributed by atoms with Gasteiger partial charge in [-0.25, -0.2) is 9.78 Å². The molecule has 2 N–H and O–H groups in total. The van der Waals surface area contributed by atoms with Crippen molar-refractivity contribution in [2.75, 3.05) is 30.4 Å². The van der Waals surface area contributed by atoms with Crippen LogP contribution in [0.4, 0.5) is 17.5 Å². The van der Waals surface area contributed by atoms with Crippen molar-refractivity contribution in [3.63, 3.8) is 0 Å². The van der Waals surface area contributed by atoms with Crippen molar-refractivity contribution in [2.24, 2.45) is 0 Å². The van der Waals surface area contributed by atoms with E-state index in [1.165, 1.54) is 0 Å². The summed E-state index contributed by atoms with van der Waals surface area (Å²) in [5, 5.41) is 6.48. The van der Waals surface area contributed by atoms with Gasteiger partial charge in [0.15, 0.2) is 0 Å². The van der Waals surface area contributed by atoms with Crippen molar-refractivity contribution in [3.8, 4) is 0 Å². The highest BCUT2D eigenvalue weighted by atomic mass is 16.5. The molecule has 1 unspecified atom stereocenters. The lowest BCUT2D eigenvalue weighted by atomic mass is 10.2. The topological polar surface area (TPSA) is 85.4 Å². The normalized spacial score (nSPS) is 16.3. The Kier molecular flexibility index (Phi) is 6.01. The highest BCUT2D eigenvalue weighted by molar-refractivity contribution is 5.89. The van der Waals surface area contributed by atoms with Gasteiger partial charge in [-0.15, -0.1) is 0 Å². The molecule has 1 fully saturated rings. The van der Waals surface area contributed by atoms with Crippen molar-refractivity contribution in [3.05, 3.63) is 41.6 Å². The molecular formula is C19H24N4O3. The number of carbonyl (C=O) groups excluding carboxylic acids is 1. The molecule has 3 rings (SSSR count). The Morgan fingerprint density at radius 2 is 2.12 bits per heavy atom. The lowest BCUT2D eigenvalue weighted by Gasteiger charge is -2.13. The number of esters is 1. The second kappa shape index (κ2) is 8.62. The number of rotatable bonds is 7. The fourth-order valence-electron chi connectivity index (χ4n) is 2.77. The van der Waals surface area contributed by atoms with E-state index in [0.717, 1.165) is 30.8 Å². The van der Waals surface area contributed by atoms with E-state index in [-0.39, 0.29) is 12.1 Å². The summed E-state index contributed by atoms with van der Waals surface area (Å²) in [6, 6.07) is 8.97. The van der Waals surface area contributed by atoms with E-state index in [4.69, 9.17) is 9.47 Å². The summed E-state index contributed by atoms with van der Waals surface area (Å²) in [5.74, 6) is 0.944. The van der Waals surface area contributed by atoms with Crippen LogP contribution in [0.5, 0.6) is 0 Å². The zero-order chi connectivity index (χ0) is 18.4. The monoisotopic (exact) mass is 356 g/mol. The molecule has 26 heavy (non-hydrogen) atoms. The van der Waals surface area contributed by atoms with Gasteiger partial charge < -0.3 is 20.1 Å². The molecule has 1 saturated heterocycles. The Morgan fingerprint density at radius 1 is 1.31 bits per heavy atom. The highest BCUT2D eigenvalue weighted by Crippen LogP contribution is 2.18. The van der Waals surface area contributed by atoms with Crippen molar-refractivity contribution in [1.29, 1.82) is 0 Å². The number of aromatic nitrogens is 2. The van der Waals surface area contributed by atoms with E-state index in [9.17, 15) is 4.79 Å². The molecule has 1 aromatic heterocycles. The average Bonchev–Trinajstić information content (AvgIpc) is 3.14. The minimum Gasteiger partial charge on any atom is -0.462 e. The smallest absolute Gasteiger partial charge is 0.338 e. The molecule has 7 heteroatoms. The number of anilines is 3. The standard InChI is InChI=1S/C19H24N4O3/c1-3-25-18(24)14-6-8-15(9-7-14)22-17-11-13(2)21-19(23-17)20-12-16-5-4-10-26-16/h6-9,11,16H,3-5,10,12H2,1-2H3,(H2,20,21,22,23). The first kappa shape index (κ1) is 18.1. The van der Waals surface area contributed by atoms with Gasteiger partial charge in [-0.1, -0.05) is 0 Å². The van der Waals surface area contributed by atoms with Crippen LogP contribution < -0.4 is 10.6 Å². The quantitative estimate of drug-likeness (QED) is 0.736. The molecule has 0 aliphatic carbocycles. The molecule has 2 heterocycles. The fraction of sp³-hybridized carbons (Fsp3) is 0.421. The number of nitrogens with zero attached hydrogens (tertiary/aromatic N) is 2. The van der Waals surface area contributed by atoms with E-state index in [0.29, 0.717) is 30.5 Å². The Balaban J connectivity index is 1.64. The number of nitrogens with one attached hydrogen (secondary N) is 2. The van der Waals surface area contributed by atoms with E-state index < -0.39 is 0 Å². The number of ether oxygens (including phenoxy) is 2. The molecule has 1 aromatic carbocycles. The van der Waals surface area contributed by atoms with Crippen LogP contribution in [0.2, 0.25) is 0 Å². The highest BCUT2D eigenvalue weighted by Gasteiger charge is 2.15. The van der Waals surface area contributed by atoms with Crippen LogP contribution in [0.25, 0.3) is 0 Å². The van der Waals surface area contributed by atoms with Gasteiger partial charge in [0.2, 0.25) is 5.95 Å². The lowest BCUT2D eigenvalue weighted by Crippen LogP contribution is -2.20. The number of benzene rings is 1. The third-order valence-corrected chi connectivity index (χ3v) is 4.03. The Labute approximate surface area is 153 Å². The Morgan fingerprint density at radius 3 is 2.81 bits per heavy atom. The third-order valence-electron chi connectivity index (χ3n) is 4.03. The van der Waals surface area contributed by atoms with Crippen molar-refractivity contribution in [2.45, 2.75) is 32.8 Å². The molecule has 1 aliphatic heterocycles. The summed E-state index contributed by atoms with van der Waals surface area (Å²) >= 11 is 0. The SMILES string of the molecule is CCOC(=O)c1ccc(Nc2cc(C)nc(NCC3CCCO3)n2)cc1. The maximum Gasteiger partial charge on any atom is 0.338 e. The zero-order valence-corrected chi connectivity index (χ0v) is 15.1. The first-order valence-electron chi connectivity index (χ1n) is 8.89. The largest absolute Gasteiger partial charge is 0.462 e. The van der Waals surface area contributed by atoms with E-state index in [1.807, 2.05) is 25.1 Å². The van der Waals surface area contributed by atoms with Gasteiger partial charge in [0.1, 0.15) is 5.82 Å². The first-order valence-corrected chi connectivity index (χ1v) is 8.89. The van der Waals surface area contributed by atoms with Crippen LogP contribution in [0.3, 0.4) is 0 Å². The Bertz CT molecular complexity index is 743. The third kappa shape index (κ3) is 4.92. The molecule has 0 bridgehead atoms. The molecule has 7 nitrogen and oxygen atoms in total. The molecular weight excluding hydrogens is 332 g/mol. The van der Waals surface area contributed by atoms with E-state index >= 15 is 0 Å². The number of hydrogen-bond donors (Lipinski definition) is 2. The number of aryl methyl sites for hydroxylation is 1. The molecule has 0 saturated carbocycles. The first-order chi connectivity index (χ1) is 12.6. The van der Waals surface area contributed by atoms with Crippen LogP contribution in [0.15, 0.2) is 30.3 Å². The lowest BCUT2D eigenvalue weighted by molar-refractivity contribution is 0.0526. The summed E-state index contributed by atoms with van der Waals surface area (Å²) in [7, 11) is 0. The van der Waals surface area contributed by atoms with Crippen LogP contribution >= 0.6 is 0 Å². The minimum absolute atomic E-state index is 0.228. The molecule has 1 atom stereocenters. The van der Waals surface area contributed by atoms with Gasteiger partial charge in [-0.05, 0) is 51.0 Å². The number of hydrogen-bond acceptors (Lipinski definition) is 7. The molecule has 138 valence electrons. The molecule has 0 spiro atoms. The molecule has 1 aliphatic rings. The minimum atomic E-state index is -0.322. The van der Waals surface area contributed by atoms with Gasteiger partial charge in [0, 0.05) is 30.6 Å². The molecule has 0 radical (unpaired) electrons. The van der Waals surface area contributed by atoms with Gasteiger partial charge in [0.25, 0.3) is 0 Å². The second-order valence-electron chi connectivity index (χ2n) is 6.16. The van der Waals surface area contributed by atoms with Crippen molar-refractivity contribution >= 4 is 23.4 Å². The summed E-state index contributed by atoms with van der Waals surface area (Å²) in [6.45, 7) is 5.61. The van der Waals surface area contributed by atoms with Gasteiger partial charge in [0.05, 0.1) is 18.3 Å². The zero-order valence-electron chi connectivity index (χ0n) is 15.1. The van der Waals surface area contributed by atoms with Gasteiger partial charge >= 0.3 is 5.97 Å². The summed E-state index contributed by atoms with van der Waals surface area (Å²) in [5.41, 5.74) is 2.22. The predicted molar refractivity (Wildman–Crippen MR) is 99.9 cm³/mol. The second-order valence-corrected chi connectivity index (χ2v) is 6.16. The average molecular weight is 356 g/mol. The summed E-state index contributed by atoms with van der Waals surface area (Å²) in [4.78, 5) is 20.6. The van der Waals surface area contributed by atoms with Gasteiger partial charge in [-0.2, -0.15) is 4.98 Å². The van der Waals surface area contributed by atoms with Crippen molar-refractivity contribution < 1.29 is 14.3 Å². The Hall–Kier alpha value is -2.67. The molecule has 0 amide bonds.